The molecule has 0 saturated carbocycles. The first kappa shape index (κ1) is 72.7. The largest absolute Gasteiger partial charge is 0.463 e. The van der Waals surface area contributed by atoms with Crippen molar-refractivity contribution in [1.29, 1.82) is 0 Å². The van der Waals surface area contributed by atoms with Crippen molar-refractivity contribution in [3.63, 3.8) is 0 Å². The number of esters is 3. The fourth-order valence-corrected chi connectivity index (χ4v) is 9.04. The van der Waals surface area contributed by atoms with Crippen molar-refractivity contribution in [3.8, 4) is 0 Å². The number of allylic oxidation sites excluding steroid dienone is 12. The molecule has 0 aliphatic carbocycles. The molecular weight excluding hydrogens is 973 g/mol. The third-order valence-electron chi connectivity index (χ3n) is 13.2. The number of hydrogen-bond donors (Lipinski definition) is 1. The Balaban J connectivity index is 5.48. The van der Waals surface area contributed by atoms with Gasteiger partial charge in [0.1, 0.15) is 25.4 Å². The first-order valence-corrected chi connectivity index (χ1v) is 32.2. The number of rotatable bonds is 56. The smallest absolute Gasteiger partial charge is 0.305 e. The average molecular weight is 1090 g/mol. The van der Waals surface area contributed by atoms with Gasteiger partial charge in [-0.1, -0.05) is 190 Å². The second-order valence-corrected chi connectivity index (χ2v) is 22.8. The molecule has 1 N–H and O–H groups in total. The van der Waals surface area contributed by atoms with E-state index in [0.717, 1.165) is 135 Å². The van der Waals surface area contributed by atoms with Gasteiger partial charge in [-0.2, -0.15) is 8.42 Å². The first-order chi connectivity index (χ1) is 37.0. The first-order valence-electron chi connectivity index (χ1n) is 30.6. The quantitative estimate of drug-likeness (QED) is 0.0205. The number of carbonyl (C=O) groups excluding carboxylic acids is 3. The van der Waals surface area contributed by atoms with E-state index >= 15 is 0 Å². The van der Waals surface area contributed by atoms with Crippen molar-refractivity contribution in [2.75, 3.05) is 59.4 Å². The number of unbranched alkanes of at least 4 members (excludes halogenated alkanes) is 24. The average Bonchev–Trinajstić information content (AvgIpc) is 3.39. The second kappa shape index (κ2) is 55.0. The molecule has 11 nitrogen and oxygen atoms in total. The molecular formula is C64H114N2O9S. The van der Waals surface area contributed by atoms with E-state index in [2.05, 4.69) is 99.0 Å². The van der Waals surface area contributed by atoms with Gasteiger partial charge >= 0.3 is 17.9 Å². The van der Waals surface area contributed by atoms with E-state index in [-0.39, 0.29) is 58.0 Å². The van der Waals surface area contributed by atoms with Crippen LogP contribution in [0, 0.1) is 0 Å². The van der Waals surface area contributed by atoms with Gasteiger partial charge in [0.15, 0.2) is 0 Å². The van der Waals surface area contributed by atoms with Crippen LogP contribution in [0.5, 0.6) is 0 Å². The van der Waals surface area contributed by atoms with E-state index in [1.54, 1.807) is 0 Å². The summed E-state index contributed by atoms with van der Waals surface area (Å²) in [6.07, 6.45) is 63.0. The molecule has 0 aromatic carbocycles. The number of carbonyl (C=O) groups is 3. The number of nitrogens with one attached hydrogen (secondary N) is 1. The number of hydrogen-bond acceptors (Lipinski definition) is 11. The predicted molar refractivity (Wildman–Crippen MR) is 320 cm³/mol. The van der Waals surface area contributed by atoms with Crippen LogP contribution in [0.3, 0.4) is 0 Å². The van der Waals surface area contributed by atoms with Gasteiger partial charge in [-0.05, 0) is 130 Å². The van der Waals surface area contributed by atoms with E-state index in [1.165, 1.54) is 57.8 Å². The van der Waals surface area contributed by atoms with Gasteiger partial charge in [-0.15, -0.1) is 0 Å². The normalized spacial score (nSPS) is 12.6. The van der Waals surface area contributed by atoms with Crippen LogP contribution in [0.2, 0.25) is 0 Å². The van der Waals surface area contributed by atoms with Gasteiger partial charge in [0.25, 0.3) is 10.1 Å². The van der Waals surface area contributed by atoms with Crippen molar-refractivity contribution in [2.24, 2.45) is 0 Å². The van der Waals surface area contributed by atoms with Crippen molar-refractivity contribution in [3.05, 3.63) is 72.9 Å². The molecule has 0 rings (SSSR count). The van der Waals surface area contributed by atoms with Crippen molar-refractivity contribution in [2.45, 2.75) is 257 Å². The van der Waals surface area contributed by atoms with Gasteiger partial charge in [0.05, 0.1) is 12.4 Å². The molecule has 0 spiro atoms. The van der Waals surface area contributed by atoms with Crippen LogP contribution in [-0.4, -0.2) is 96.1 Å². The van der Waals surface area contributed by atoms with E-state index in [9.17, 15) is 22.8 Å². The fraction of sp³-hybridized carbons (Fsp3) is 0.766. The summed E-state index contributed by atoms with van der Waals surface area (Å²) in [6, 6.07) is 0. The summed E-state index contributed by atoms with van der Waals surface area (Å²) in [5.41, 5.74) is -1.38. The summed E-state index contributed by atoms with van der Waals surface area (Å²) in [7, 11) is -0.261. The van der Waals surface area contributed by atoms with Crippen LogP contribution < -0.4 is 5.32 Å². The fourth-order valence-electron chi connectivity index (χ4n) is 8.24. The molecule has 0 radical (unpaired) electrons. The monoisotopic (exact) mass is 1090 g/mol. The van der Waals surface area contributed by atoms with Crippen molar-refractivity contribution < 1.29 is 41.2 Å². The molecule has 12 heteroatoms. The highest BCUT2D eigenvalue weighted by molar-refractivity contribution is 7.86. The molecule has 0 aliphatic rings. The van der Waals surface area contributed by atoms with Gasteiger partial charge in [-0.3, -0.25) is 18.6 Å². The minimum Gasteiger partial charge on any atom is -0.463 e. The molecule has 0 aromatic heterocycles. The van der Waals surface area contributed by atoms with Crippen LogP contribution in [0.15, 0.2) is 72.9 Å². The minimum atomic E-state index is -3.92. The zero-order valence-corrected chi connectivity index (χ0v) is 50.2. The summed E-state index contributed by atoms with van der Waals surface area (Å²) in [4.78, 5) is 41.5. The number of nitrogens with zero attached hydrogens (tertiary/aromatic N) is 1. The van der Waals surface area contributed by atoms with Crippen molar-refractivity contribution >= 4 is 28.0 Å². The molecule has 0 unspecified atom stereocenters. The van der Waals surface area contributed by atoms with Gasteiger partial charge in [0, 0.05) is 32.4 Å². The molecule has 0 saturated heterocycles. The van der Waals surface area contributed by atoms with Crippen LogP contribution in [0.4, 0.5) is 0 Å². The molecule has 0 aliphatic heterocycles. The SMILES string of the molecule is CCCCC/C=C\C/C=C\CCCCCCCC(=O)OCC(COC(=O)CCCCCCC/C=C\C/C=C\CCCCC)(COC(=O)CCCCCCC/C=C\C/C=C\CCCCC)NCCS(=O)(=O)OCCN(C)C. The highest BCUT2D eigenvalue weighted by Gasteiger charge is 2.36. The minimum absolute atomic E-state index is 0.00380. The molecule has 0 bridgehead atoms. The Kier molecular flexibility index (Phi) is 52.6. The van der Waals surface area contributed by atoms with E-state index < -0.39 is 33.6 Å². The maximum atomic E-state index is 13.2. The van der Waals surface area contributed by atoms with E-state index in [1.807, 2.05) is 19.0 Å². The summed E-state index contributed by atoms with van der Waals surface area (Å²) < 4.78 is 48.6. The van der Waals surface area contributed by atoms with E-state index in [4.69, 9.17) is 18.4 Å². The highest BCUT2D eigenvalue weighted by atomic mass is 32.2. The standard InChI is InChI=1S/C64H114N2O9S/c1-6-9-12-15-18-21-24-27-30-33-36-39-42-45-48-51-61(67)72-58-64(65-54-57-76(70,71)75-56-55-66(4)5,59-73-62(68)52-49-46-43-40-37-34-31-28-25-22-19-16-13-10-7-2)60-74-63(69)53-50-47-44-41-38-35-32-29-26-23-20-17-14-11-8-3/h18-23,27-32,65H,6-17,24-26,33-60H2,1-5H3/b21-18-,22-19-,23-20-,30-27-,31-28-,32-29-. The number of ether oxygens (including phenoxy) is 3. The second-order valence-electron chi connectivity index (χ2n) is 21.0. The Labute approximate surface area is 467 Å². The molecule has 440 valence electrons. The van der Waals surface area contributed by atoms with Crippen LogP contribution in [-0.2, 0) is 42.9 Å². The Hall–Kier alpha value is -3.32. The Morgan fingerprint density at radius 1 is 0.421 bits per heavy atom. The topological polar surface area (TPSA) is 138 Å². The maximum Gasteiger partial charge on any atom is 0.305 e. The third kappa shape index (κ3) is 52.7. The summed E-state index contributed by atoms with van der Waals surface area (Å²) in [5.74, 6) is -1.62. The van der Waals surface area contributed by atoms with Gasteiger partial charge in [-0.25, -0.2) is 0 Å². The molecule has 0 amide bonds. The lowest BCUT2D eigenvalue weighted by Gasteiger charge is -2.33. The molecule has 0 fully saturated rings. The molecule has 76 heavy (non-hydrogen) atoms. The lowest BCUT2D eigenvalue weighted by molar-refractivity contribution is -0.157. The van der Waals surface area contributed by atoms with Crippen LogP contribution in [0.25, 0.3) is 0 Å². The lowest BCUT2D eigenvalue weighted by Crippen LogP contribution is -2.58. The van der Waals surface area contributed by atoms with Crippen LogP contribution in [0.1, 0.15) is 252 Å². The Morgan fingerprint density at radius 2 is 0.711 bits per heavy atom. The Bertz CT molecular complexity index is 1500. The summed E-state index contributed by atoms with van der Waals surface area (Å²) in [5, 5.41) is 3.19. The van der Waals surface area contributed by atoms with Gasteiger partial charge < -0.3 is 24.4 Å². The zero-order chi connectivity index (χ0) is 55.7. The maximum absolute atomic E-state index is 13.2. The Morgan fingerprint density at radius 3 is 1.01 bits per heavy atom. The molecule has 0 aromatic rings. The van der Waals surface area contributed by atoms with Crippen molar-refractivity contribution in [1.82, 2.24) is 10.2 Å². The summed E-state index contributed by atoms with van der Waals surface area (Å²) in [6.45, 7) is 6.17. The zero-order valence-electron chi connectivity index (χ0n) is 49.4. The third-order valence-corrected chi connectivity index (χ3v) is 14.4. The highest BCUT2D eigenvalue weighted by Crippen LogP contribution is 2.16. The summed E-state index contributed by atoms with van der Waals surface area (Å²) >= 11 is 0. The van der Waals surface area contributed by atoms with Crippen LogP contribution >= 0.6 is 0 Å². The molecule has 0 atom stereocenters. The molecule has 0 heterocycles. The van der Waals surface area contributed by atoms with E-state index in [0.29, 0.717) is 25.8 Å². The lowest BCUT2D eigenvalue weighted by atomic mass is 10.0. The van der Waals surface area contributed by atoms with Gasteiger partial charge in [0.2, 0.25) is 0 Å². The number of likely N-dealkylation sites (N-methyl/N-ethyl adjacent to an activating group) is 1. The predicted octanol–water partition coefficient (Wildman–Crippen LogP) is 16.3.